The van der Waals surface area contributed by atoms with Gasteiger partial charge in [-0.1, -0.05) is 6.92 Å². The summed E-state index contributed by atoms with van der Waals surface area (Å²) in [6, 6.07) is 3.41. The summed E-state index contributed by atoms with van der Waals surface area (Å²) in [7, 11) is -3.46. The smallest absolute Gasteiger partial charge is 0.301 e. The molecule has 0 bridgehead atoms. The first-order chi connectivity index (χ1) is 10.1. The van der Waals surface area contributed by atoms with Crippen LogP contribution in [0.5, 0.6) is 0 Å². The molecule has 0 aliphatic carbocycles. The lowest BCUT2D eigenvalue weighted by Gasteiger charge is -2.31. The number of piperidine rings is 1. The van der Waals surface area contributed by atoms with E-state index < -0.39 is 10.2 Å². The Morgan fingerprint density at radius 2 is 2.14 bits per heavy atom. The number of aromatic nitrogens is 1. The Kier molecular flexibility index (Phi) is 5.96. The summed E-state index contributed by atoms with van der Waals surface area (Å²) in [6.45, 7) is 5.31. The highest BCUT2D eigenvalue weighted by Crippen LogP contribution is 2.20. The minimum Gasteiger partial charge on any atom is -0.316 e. The van der Waals surface area contributed by atoms with Gasteiger partial charge in [-0.25, -0.2) is 0 Å². The van der Waals surface area contributed by atoms with E-state index in [2.05, 4.69) is 21.9 Å². The average Bonchev–Trinajstić information content (AvgIpc) is 2.49. The molecule has 1 saturated heterocycles. The second kappa shape index (κ2) is 7.72. The van der Waals surface area contributed by atoms with Crippen LogP contribution in [-0.4, -0.2) is 43.9 Å². The highest BCUT2D eigenvalue weighted by atomic mass is 32.2. The van der Waals surface area contributed by atoms with E-state index in [1.165, 1.54) is 10.5 Å². The van der Waals surface area contributed by atoms with Crippen molar-refractivity contribution in [1.82, 2.24) is 14.6 Å². The lowest BCUT2D eigenvalue weighted by atomic mass is 9.98. The van der Waals surface area contributed by atoms with Gasteiger partial charge in [0.15, 0.2) is 0 Å². The van der Waals surface area contributed by atoms with Gasteiger partial charge in [0.1, 0.15) is 0 Å². The molecular formula is C14H24N4O2S. The molecule has 0 aromatic carbocycles. The van der Waals surface area contributed by atoms with Crippen molar-refractivity contribution < 1.29 is 8.42 Å². The maximum absolute atomic E-state index is 12.3. The van der Waals surface area contributed by atoms with Gasteiger partial charge in [0.05, 0.1) is 11.9 Å². The number of nitrogens with one attached hydrogen (secondary N) is 2. The van der Waals surface area contributed by atoms with Crippen molar-refractivity contribution >= 4 is 15.9 Å². The van der Waals surface area contributed by atoms with Crippen LogP contribution in [0.15, 0.2) is 24.5 Å². The summed E-state index contributed by atoms with van der Waals surface area (Å²) >= 11 is 0. The minimum absolute atomic E-state index is 0.504. The first-order valence-corrected chi connectivity index (χ1v) is 8.94. The normalized spacial score (nSPS) is 17.8. The standard InChI is InChI=1S/C14H24N4O2S/c1-2-7-15-11-13-5-9-18(10-6-13)21(19,20)17-14-4-3-8-16-12-14/h3-4,8,12-13,15,17H,2,5-7,9-11H2,1H3. The van der Waals surface area contributed by atoms with Gasteiger partial charge in [0.2, 0.25) is 0 Å². The first-order valence-electron chi connectivity index (χ1n) is 7.50. The van der Waals surface area contributed by atoms with Gasteiger partial charge in [-0.05, 0) is 50.4 Å². The van der Waals surface area contributed by atoms with Crippen LogP contribution in [0.2, 0.25) is 0 Å². The van der Waals surface area contributed by atoms with E-state index in [-0.39, 0.29) is 0 Å². The Morgan fingerprint density at radius 3 is 2.76 bits per heavy atom. The minimum atomic E-state index is -3.46. The maximum atomic E-state index is 12.3. The van der Waals surface area contributed by atoms with Crippen LogP contribution in [0, 0.1) is 5.92 Å². The predicted octanol–water partition coefficient (Wildman–Crippen LogP) is 1.45. The van der Waals surface area contributed by atoms with Gasteiger partial charge in [-0.15, -0.1) is 0 Å². The maximum Gasteiger partial charge on any atom is 0.301 e. The molecule has 0 radical (unpaired) electrons. The van der Waals surface area contributed by atoms with Crippen LogP contribution in [0.1, 0.15) is 26.2 Å². The monoisotopic (exact) mass is 312 g/mol. The van der Waals surface area contributed by atoms with Crippen LogP contribution in [-0.2, 0) is 10.2 Å². The number of hydrogen-bond acceptors (Lipinski definition) is 4. The van der Waals surface area contributed by atoms with Crippen LogP contribution in [0.4, 0.5) is 5.69 Å². The third kappa shape index (κ3) is 4.94. The van der Waals surface area contributed by atoms with Crippen LogP contribution in [0.3, 0.4) is 0 Å². The fourth-order valence-electron chi connectivity index (χ4n) is 2.47. The summed E-state index contributed by atoms with van der Waals surface area (Å²) in [5.41, 5.74) is 0.504. The zero-order valence-corrected chi connectivity index (χ0v) is 13.3. The van der Waals surface area contributed by atoms with Crippen LogP contribution in [0.25, 0.3) is 0 Å². The largest absolute Gasteiger partial charge is 0.316 e. The van der Waals surface area contributed by atoms with E-state index in [9.17, 15) is 8.42 Å². The van der Waals surface area contributed by atoms with Crippen LogP contribution < -0.4 is 10.0 Å². The molecule has 0 atom stereocenters. The Labute approximate surface area is 127 Å². The highest BCUT2D eigenvalue weighted by molar-refractivity contribution is 7.90. The highest BCUT2D eigenvalue weighted by Gasteiger charge is 2.27. The molecule has 1 aliphatic heterocycles. The van der Waals surface area contributed by atoms with Gasteiger partial charge in [-0.3, -0.25) is 9.71 Å². The summed E-state index contributed by atoms with van der Waals surface area (Å²) < 4.78 is 28.7. The molecule has 2 N–H and O–H groups in total. The molecule has 21 heavy (non-hydrogen) atoms. The molecule has 1 fully saturated rings. The van der Waals surface area contributed by atoms with Crippen molar-refractivity contribution in [2.24, 2.45) is 5.92 Å². The Morgan fingerprint density at radius 1 is 1.38 bits per heavy atom. The van der Waals surface area contributed by atoms with Crippen molar-refractivity contribution in [2.75, 3.05) is 30.9 Å². The quantitative estimate of drug-likeness (QED) is 0.747. The van der Waals surface area contributed by atoms with E-state index in [4.69, 9.17) is 0 Å². The van der Waals surface area contributed by atoms with E-state index in [0.717, 1.165) is 32.4 Å². The molecule has 7 heteroatoms. The molecular weight excluding hydrogens is 288 g/mol. The van der Waals surface area contributed by atoms with E-state index >= 15 is 0 Å². The molecule has 6 nitrogen and oxygen atoms in total. The zero-order chi connectivity index (χ0) is 15.1. The number of hydrogen-bond donors (Lipinski definition) is 2. The first kappa shape index (κ1) is 16.2. The topological polar surface area (TPSA) is 74.3 Å². The molecule has 0 amide bonds. The van der Waals surface area contributed by atoms with Crippen molar-refractivity contribution in [3.05, 3.63) is 24.5 Å². The van der Waals surface area contributed by atoms with E-state index in [1.807, 2.05) is 0 Å². The number of nitrogens with zero attached hydrogens (tertiary/aromatic N) is 2. The molecule has 0 unspecified atom stereocenters. The van der Waals surface area contributed by atoms with Gasteiger partial charge in [0, 0.05) is 19.3 Å². The van der Waals surface area contributed by atoms with Crippen molar-refractivity contribution in [3.8, 4) is 0 Å². The van der Waals surface area contributed by atoms with Gasteiger partial charge >= 0.3 is 10.2 Å². The molecule has 2 rings (SSSR count). The third-order valence-electron chi connectivity index (χ3n) is 3.68. The summed E-state index contributed by atoms with van der Waals surface area (Å²) in [5.74, 6) is 0.571. The van der Waals surface area contributed by atoms with E-state index in [1.54, 1.807) is 18.3 Å². The predicted molar refractivity (Wildman–Crippen MR) is 84.2 cm³/mol. The zero-order valence-electron chi connectivity index (χ0n) is 12.5. The molecule has 1 aromatic heterocycles. The van der Waals surface area contributed by atoms with Crippen molar-refractivity contribution in [2.45, 2.75) is 26.2 Å². The van der Waals surface area contributed by atoms with Gasteiger partial charge < -0.3 is 5.32 Å². The summed E-state index contributed by atoms with van der Waals surface area (Å²) in [4.78, 5) is 3.91. The van der Waals surface area contributed by atoms with Crippen molar-refractivity contribution in [3.63, 3.8) is 0 Å². The lowest BCUT2D eigenvalue weighted by molar-refractivity contribution is 0.269. The van der Waals surface area contributed by atoms with E-state index in [0.29, 0.717) is 24.7 Å². The second-order valence-corrected chi connectivity index (χ2v) is 7.07. The third-order valence-corrected chi connectivity index (χ3v) is 5.22. The second-order valence-electron chi connectivity index (χ2n) is 5.40. The molecule has 1 aromatic rings. The molecule has 0 saturated carbocycles. The van der Waals surface area contributed by atoms with Crippen LogP contribution >= 0.6 is 0 Å². The molecule has 118 valence electrons. The lowest BCUT2D eigenvalue weighted by Crippen LogP contribution is -2.43. The summed E-state index contributed by atoms with van der Waals surface area (Å²) in [6.07, 6.45) is 6.07. The Balaban J connectivity index is 1.83. The number of pyridine rings is 1. The van der Waals surface area contributed by atoms with Gasteiger partial charge in [-0.2, -0.15) is 12.7 Å². The fourth-order valence-corrected chi connectivity index (χ4v) is 3.71. The average molecular weight is 312 g/mol. The fraction of sp³-hybridized carbons (Fsp3) is 0.643. The SMILES string of the molecule is CCCNCC1CCN(S(=O)(=O)Nc2cccnc2)CC1. The molecule has 2 heterocycles. The Hall–Kier alpha value is -1.18. The van der Waals surface area contributed by atoms with Gasteiger partial charge in [0.25, 0.3) is 0 Å². The van der Waals surface area contributed by atoms with Crippen molar-refractivity contribution in [1.29, 1.82) is 0 Å². The summed E-state index contributed by atoms with van der Waals surface area (Å²) in [5, 5.41) is 3.41. The number of rotatable bonds is 7. The molecule has 0 spiro atoms. The Bertz CT molecular complexity index is 513. The number of anilines is 1. The molecule has 1 aliphatic rings.